The van der Waals surface area contributed by atoms with Crippen LogP contribution in [0.3, 0.4) is 0 Å². The van der Waals surface area contributed by atoms with E-state index in [1.54, 1.807) is 24.3 Å². The molecule has 0 fully saturated rings. The van der Waals surface area contributed by atoms with Gasteiger partial charge in [0, 0.05) is 42.5 Å². The molecule has 0 radical (unpaired) electrons. The van der Waals surface area contributed by atoms with Crippen LogP contribution in [0.5, 0.6) is 34.5 Å². The maximum Gasteiger partial charge on any atom is 0.321 e. The Hall–Kier alpha value is -5.40. The number of hydrazone groups is 1. The second-order valence-electron chi connectivity index (χ2n) is 10.6. The van der Waals surface area contributed by atoms with Crippen molar-refractivity contribution in [1.82, 2.24) is 5.43 Å². The highest BCUT2D eigenvalue weighted by Crippen LogP contribution is 2.44. The fourth-order valence-electron chi connectivity index (χ4n) is 4.90. The van der Waals surface area contributed by atoms with E-state index in [0.29, 0.717) is 40.7 Å². The number of hydrogen-bond donors (Lipinski definition) is 1. The molecule has 5 rings (SSSR count). The molecule has 1 atom stereocenters. The predicted octanol–water partition coefficient (Wildman–Crippen LogP) is 4.88. The van der Waals surface area contributed by atoms with Crippen molar-refractivity contribution < 1.29 is 55.1 Å². The van der Waals surface area contributed by atoms with E-state index in [1.807, 2.05) is 0 Å². The molecule has 1 unspecified atom stereocenters. The van der Waals surface area contributed by atoms with Gasteiger partial charge in [0.25, 0.3) is 10.9 Å². The molecular weight excluding hydrogens is 714 g/mol. The first-order chi connectivity index (χ1) is 24.4. The molecule has 0 spiro atoms. The SMILES string of the molecule is COc1cc(OC)c2c(=O)c(OCCCSC3=NNC(C)(OS(=O)(=O)c4ccc([N+](=O)[O-])cc4)O3)c(-c3cc(OC)c(OC)c(OC)c3)oc2c1. The minimum Gasteiger partial charge on any atom is -0.496 e. The van der Waals surface area contributed by atoms with E-state index in [4.69, 9.17) is 41.8 Å². The molecule has 0 saturated heterocycles. The number of non-ortho nitro benzene ring substituents is 1. The van der Waals surface area contributed by atoms with E-state index >= 15 is 0 Å². The number of thioether (sulfide) groups is 1. The number of methoxy groups -OCH3 is 5. The number of benzene rings is 3. The largest absolute Gasteiger partial charge is 0.496 e. The van der Waals surface area contributed by atoms with Crippen molar-refractivity contribution in [1.29, 1.82) is 0 Å². The quantitative estimate of drug-likeness (QED) is 0.0744. The van der Waals surface area contributed by atoms with E-state index in [2.05, 4.69) is 10.5 Å². The summed E-state index contributed by atoms with van der Waals surface area (Å²) < 4.78 is 76.0. The molecule has 0 amide bonds. The normalized spacial score (nSPS) is 15.4. The lowest BCUT2D eigenvalue weighted by atomic mass is 10.1. The van der Waals surface area contributed by atoms with Gasteiger partial charge in [0.2, 0.25) is 16.9 Å². The molecule has 1 N–H and O–H groups in total. The van der Waals surface area contributed by atoms with Gasteiger partial charge in [-0.05, 0) is 30.7 Å². The van der Waals surface area contributed by atoms with Crippen LogP contribution in [0.4, 0.5) is 5.69 Å². The zero-order valence-electron chi connectivity index (χ0n) is 28.2. The van der Waals surface area contributed by atoms with E-state index in [-0.39, 0.29) is 50.6 Å². The lowest BCUT2D eigenvalue weighted by Gasteiger charge is -2.22. The molecule has 1 aliphatic rings. The third-order valence-electron chi connectivity index (χ3n) is 7.27. The Morgan fingerprint density at radius 3 is 2.18 bits per heavy atom. The molecule has 272 valence electrons. The lowest BCUT2D eigenvalue weighted by molar-refractivity contribution is -0.384. The molecule has 0 aliphatic carbocycles. The van der Waals surface area contributed by atoms with Gasteiger partial charge >= 0.3 is 16.0 Å². The van der Waals surface area contributed by atoms with E-state index in [9.17, 15) is 23.3 Å². The monoisotopic (exact) mass is 747 g/mol. The van der Waals surface area contributed by atoms with Gasteiger partial charge in [-0.15, -0.1) is 5.10 Å². The van der Waals surface area contributed by atoms with Crippen molar-refractivity contribution in [3.05, 3.63) is 68.9 Å². The summed E-state index contributed by atoms with van der Waals surface area (Å²) in [6.07, 6.45) is 0.373. The van der Waals surface area contributed by atoms with Crippen molar-refractivity contribution in [3.63, 3.8) is 0 Å². The third kappa shape index (κ3) is 7.84. The van der Waals surface area contributed by atoms with Gasteiger partial charge in [0.05, 0.1) is 52.0 Å². The summed E-state index contributed by atoms with van der Waals surface area (Å²) in [7, 11) is 2.90. The van der Waals surface area contributed by atoms with Crippen LogP contribution in [-0.2, 0) is 19.0 Å². The van der Waals surface area contributed by atoms with E-state index in [0.717, 1.165) is 36.0 Å². The van der Waals surface area contributed by atoms with Crippen LogP contribution in [0.1, 0.15) is 13.3 Å². The van der Waals surface area contributed by atoms with Gasteiger partial charge < -0.3 is 37.6 Å². The molecule has 1 aromatic heterocycles. The van der Waals surface area contributed by atoms with Crippen LogP contribution in [0, 0.1) is 10.1 Å². The predicted molar refractivity (Wildman–Crippen MR) is 185 cm³/mol. The molecule has 17 nitrogen and oxygen atoms in total. The summed E-state index contributed by atoms with van der Waals surface area (Å²) in [4.78, 5) is 23.9. The summed E-state index contributed by atoms with van der Waals surface area (Å²) in [5, 5.41) is 15.1. The highest BCUT2D eigenvalue weighted by molar-refractivity contribution is 8.13. The van der Waals surface area contributed by atoms with E-state index in [1.165, 1.54) is 42.5 Å². The Morgan fingerprint density at radius 2 is 1.59 bits per heavy atom. The van der Waals surface area contributed by atoms with Crippen molar-refractivity contribution in [2.75, 3.05) is 47.9 Å². The molecule has 2 heterocycles. The first-order valence-corrected chi connectivity index (χ1v) is 17.3. The Kier molecular flexibility index (Phi) is 11.0. The Balaban J connectivity index is 1.31. The van der Waals surface area contributed by atoms with Crippen LogP contribution < -0.4 is 39.3 Å². The van der Waals surface area contributed by atoms with Gasteiger partial charge in [-0.2, -0.15) is 12.6 Å². The first kappa shape index (κ1) is 36.9. The Morgan fingerprint density at radius 1 is 0.922 bits per heavy atom. The number of nitrogens with one attached hydrogen (secondary N) is 1. The number of fused-ring (bicyclic) bond motifs is 1. The molecule has 0 saturated carbocycles. The van der Waals surface area contributed by atoms with Crippen LogP contribution in [0.25, 0.3) is 22.3 Å². The van der Waals surface area contributed by atoms with Crippen LogP contribution in [0.2, 0.25) is 0 Å². The fraction of sp³-hybridized carbons (Fsp3) is 0.312. The first-order valence-electron chi connectivity index (χ1n) is 14.9. The van der Waals surface area contributed by atoms with Crippen molar-refractivity contribution >= 4 is 43.8 Å². The molecule has 0 bridgehead atoms. The van der Waals surface area contributed by atoms with Crippen LogP contribution in [-0.4, -0.2) is 72.4 Å². The smallest absolute Gasteiger partial charge is 0.321 e. The van der Waals surface area contributed by atoms with Crippen molar-refractivity contribution in [2.24, 2.45) is 5.10 Å². The highest BCUT2D eigenvalue weighted by atomic mass is 32.2. The van der Waals surface area contributed by atoms with Crippen LogP contribution >= 0.6 is 11.8 Å². The van der Waals surface area contributed by atoms with Gasteiger partial charge in [-0.25, -0.2) is 5.43 Å². The molecule has 1 aliphatic heterocycles. The maximum absolute atomic E-state index is 14.0. The third-order valence-corrected chi connectivity index (χ3v) is 9.57. The lowest BCUT2D eigenvalue weighted by Crippen LogP contribution is -2.42. The molecule has 19 heteroatoms. The zero-order chi connectivity index (χ0) is 36.9. The molecule has 4 aromatic rings. The number of hydrogen-bond acceptors (Lipinski definition) is 17. The van der Waals surface area contributed by atoms with Gasteiger partial charge in [0.15, 0.2) is 17.3 Å². The number of rotatable bonds is 15. The maximum atomic E-state index is 14.0. The number of nitro groups is 1. The summed E-state index contributed by atoms with van der Waals surface area (Å²) in [5.74, 6) is 0.0895. The van der Waals surface area contributed by atoms with Gasteiger partial charge in [0.1, 0.15) is 22.5 Å². The van der Waals surface area contributed by atoms with Crippen LogP contribution in [0.15, 0.2) is 67.7 Å². The number of nitro benzene ring substituents is 1. The highest BCUT2D eigenvalue weighted by Gasteiger charge is 2.40. The van der Waals surface area contributed by atoms with Crippen molar-refractivity contribution in [2.45, 2.75) is 24.2 Å². The minimum absolute atomic E-state index is 0.0438. The molecular formula is C32H33N3O14S2. The Labute approximate surface area is 295 Å². The summed E-state index contributed by atoms with van der Waals surface area (Å²) in [6, 6.07) is 10.6. The topological polar surface area (TPSA) is 206 Å². The summed E-state index contributed by atoms with van der Waals surface area (Å²) in [5.41, 5.74) is 2.31. The molecule has 51 heavy (non-hydrogen) atoms. The van der Waals surface area contributed by atoms with E-state index < -0.39 is 26.4 Å². The summed E-state index contributed by atoms with van der Waals surface area (Å²) in [6.45, 7) is 1.35. The van der Waals surface area contributed by atoms with Gasteiger partial charge in [-0.3, -0.25) is 14.9 Å². The van der Waals surface area contributed by atoms with Gasteiger partial charge in [-0.1, -0.05) is 11.8 Å². The standard InChI is InChI=1S/C32H33N3O14S2/c1-32(49-51(39,40)21-10-8-19(9-11-21)35(37)38)34-33-31(48-32)50-13-7-12-46-30-27(36)26-22(42-3)16-20(41-2)17-23(26)47-28(30)18-14-24(43-4)29(45-6)25(15-18)44-5/h8-11,14-17,34H,7,12-13H2,1-6H3. The average molecular weight is 748 g/mol. The molecule has 3 aromatic carbocycles. The zero-order valence-corrected chi connectivity index (χ0v) is 29.8. The number of nitrogens with zero attached hydrogens (tertiary/aromatic N) is 2. The fourth-order valence-corrected chi connectivity index (χ4v) is 6.72. The van der Waals surface area contributed by atoms with Crippen molar-refractivity contribution in [3.8, 4) is 45.8 Å². The minimum atomic E-state index is -4.39. The number of ether oxygens (including phenoxy) is 7. The average Bonchev–Trinajstić information content (AvgIpc) is 3.49. The summed E-state index contributed by atoms with van der Waals surface area (Å²) >= 11 is 1.13. The second kappa shape index (κ2) is 15.2. The second-order valence-corrected chi connectivity index (χ2v) is 13.2. The Bertz CT molecular complexity index is 2110.